The Hall–Kier alpha value is -1.27. The maximum absolute atomic E-state index is 11.9. The number of anilines is 1. The molecule has 0 atom stereocenters. The van der Waals surface area contributed by atoms with Crippen LogP contribution in [0.1, 0.15) is 10.5 Å². The second kappa shape index (κ2) is 7.35. The average molecular weight is 280 g/mol. The standard InChI is InChI=1S/C13H20N4OS/c1-14-12-4-2-3-11(16-12)13(18)15-5-6-17-7-9-19-10-8-17/h2-4H,5-10H2,1H3,(H,14,16)(H,15,18). The summed E-state index contributed by atoms with van der Waals surface area (Å²) in [6.07, 6.45) is 0. The van der Waals surface area contributed by atoms with Crippen LogP contribution in [0.4, 0.5) is 5.82 Å². The number of carbonyl (C=O) groups is 1. The molecule has 2 N–H and O–H groups in total. The fraction of sp³-hybridized carbons (Fsp3) is 0.538. The van der Waals surface area contributed by atoms with E-state index in [0.29, 0.717) is 18.1 Å². The van der Waals surface area contributed by atoms with Gasteiger partial charge >= 0.3 is 0 Å². The summed E-state index contributed by atoms with van der Waals surface area (Å²) in [6, 6.07) is 5.39. The van der Waals surface area contributed by atoms with Gasteiger partial charge in [0.05, 0.1) is 0 Å². The average Bonchev–Trinajstić information content (AvgIpc) is 2.48. The Labute approximate surface area is 118 Å². The molecule has 6 heteroatoms. The summed E-state index contributed by atoms with van der Waals surface area (Å²) in [5.41, 5.74) is 0.459. The number of aromatic nitrogens is 1. The van der Waals surface area contributed by atoms with Gasteiger partial charge in [-0.05, 0) is 12.1 Å². The number of rotatable bonds is 5. The Morgan fingerprint density at radius 1 is 1.42 bits per heavy atom. The molecule has 1 saturated heterocycles. The van der Waals surface area contributed by atoms with Gasteiger partial charge in [-0.1, -0.05) is 6.07 Å². The van der Waals surface area contributed by atoms with Gasteiger partial charge in [0.25, 0.3) is 5.91 Å². The van der Waals surface area contributed by atoms with Gasteiger partial charge in [-0.2, -0.15) is 11.8 Å². The van der Waals surface area contributed by atoms with E-state index >= 15 is 0 Å². The summed E-state index contributed by atoms with van der Waals surface area (Å²) in [4.78, 5) is 18.5. The van der Waals surface area contributed by atoms with Crippen molar-refractivity contribution in [2.24, 2.45) is 0 Å². The minimum Gasteiger partial charge on any atom is -0.373 e. The molecule has 2 rings (SSSR count). The monoisotopic (exact) mass is 280 g/mol. The van der Waals surface area contributed by atoms with Gasteiger partial charge in [0.15, 0.2) is 0 Å². The fourth-order valence-electron chi connectivity index (χ4n) is 1.94. The Morgan fingerprint density at radius 2 is 2.21 bits per heavy atom. The van der Waals surface area contributed by atoms with E-state index in [1.54, 1.807) is 13.1 Å². The van der Waals surface area contributed by atoms with Gasteiger partial charge in [-0.15, -0.1) is 0 Å². The lowest BCUT2D eigenvalue weighted by Gasteiger charge is -2.25. The van der Waals surface area contributed by atoms with Gasteiger partial charge < -0.3 is 10.6 Å². The van der Waals surface area contributed by atoms with Crippen LogP contribution in [0, 0.1) is 0 Å². The zero-order valence-electron chi connectivity index (χ0n) is 11.2. The minimum atomic E-state index is -0.108. The molecule has 0 saturated carbocycles. The first kappa shape index (κ1) is 14.1. The quantitative estimate of drug-likeness (QED) is 0.839. The number of hydrogen-bond acceptors (Lipinski definition) is 5. The van der Waals surface area contributed by atoms with Crippen LogP contribution in [0.25, 0.3) is 0 Å². The van der Waals surface area contributed by atoms with Gasteiger partial charge in [0.2, 0.25) is 0 Å². The molecule has 0 radical (unpaired) electrons. The molecule has 1 amide bonds. The second-order valence-corrected chi connectivity index (χ2v) is 5.59. The van der Waals surface area contributed by atoms with Crippen molar-refractivity contribution in [1.29, 1.82) is 0 Å². The minimum absolute atomic E-state index is 0.108. The third kappa shape index (κ3) is 4.40. The van der Waals surface area contributed by atoms with Crippen molar-refractivity contribution < 1.29 is 4.79 Å². The lowest BCUT2D eigenvalue weighted by molar-refractivity contribution is 0.0944. The van der Waals surface area contributed by atoms with Gasteiger partial charge in [-0.25, -0.2) is 4.98 Å². The Balaban J connectivity index is 1.77. The third-order valence-corrected chi connectivity index (χ3v) is 4.00. The molecule has 1 aromatic rings. The summed E-state index contributed by atoms with van der Waals surface area (Å²) in [7, 11) is 1.79. The Morgan fingerprint density at radius 3 is 2.95 bits per heavy atom. The Kier molecular flexibility index (Phi) is 5.47. The topological polar surface area (TPSA) is 57.3 Å². The van der Waals surface area contributed by atoms with Crippen LogP contribution >= 0.6 is 11.8 Å². The zero-order chi connectivity index (χ0) is 13.5. The SMILES string of the molecule is CNc1cccc(C(=O)NCCN2CCSCC2)n1. The molecule has 104 valence electrons. The highest BCUT2D eigenvalue weighted by molar-refractivity contribution is 7.99. The van der Waals surface area contributed by atoms with Crippen LogP contribution in [0.3, 0.4) is 0 Å². The summed E-state index contributed by atoms with van der Waals surface area (Å²) in [6.45, 7) is 3.83. The van der Waals surface area contributed by atoms with E-state index in [2.05, 4.69) is 20.5 Å². The van der Waals surface area contributed by atoms with Crippen LogP contribution in [-0.4, -0.2) is 60.5 Å². The number of thioether (sulfide) groups is 1. The number of amides is 1. The van der Waals surface area contributed by atoms with Crippen molar-refractivity contribution in [3.63, 3.8) is 0 Å². The van der Waals surface area contributed by atoms with Crippen molar-refractivity contribution in [3.05, 3.63) is 23.9 Å². The smallest absolute Gasteiger partial charge is 0.270 e. The van der Waals surface area contributed by atoms with Crippen LogP contribution in [0.2, 0.25) is 0 Å². The molecule has 1 aromatic heterocycles. The lowest BCUT2D eigenvalue weighted by atomic mass is 10.3. The van der Waals surface area contributed by atoms with Crippen LogP contribution in [-0.2, 0) is 0 Å². The van der Waals surface area contributed by atoms with Crippen molar-refractivity contribution >= 4 is 23.5 Å². The number of pyridine rings is 1. The highest BCUT2D eigenvalue weighted by Crippen LogP contribution is 2.08. The zero-order valence-corrected chi connectivity index (χ0v) is 12.0. The van der Waals surface area contributed by atoms with Crippen molar-refractivity contribution in [2.75, 3.05) is 50.0 Å². The molecule has 0 aliphatic carbocycles. The molecule has 0 aromatic carbocycles. The molecule has 1 aliphatic heterocycles. The van der Waals surface area contributed by atoms with Crippen molar-refractivity contribution in [1.82, 2.24) is 15.2 Å². The highest BCUT2D eigenvalue weighted by atomic mass is 32.2. The van der Waals surface area contributed by atoms with E-state index in [0.717, 1.165) is 19.6 Å². The molecule has 2 heterocycles. The summed E-state index contributed by atoms with van der Waals surface area (Å²) in [5, 5.41) is 5.85. The molecular weight excluding hydrogens is 260 g/mol. The van der Waals surface area contributed by atoms with Crippen LogP contribution in [0.15, 0.2) is 18.2 Å². The molecule has 1 aliphatic rings. The van der Waals surface area contributed by atoms with E-state index in [1.807, 2.05) is 23.9 Å². The van der Waals surface area contributed by atoms with E-state index in [-0.39, 0.29) is 5.91 Å². The van der Waals surface area contributed by atoms with Crippen LogP contribution < -0.4 is 10.6 Å². The maximum atomic E-state index is 11.9. The van der Waals surface area contributed by atoms with Gasteiger partial charge in [0.1, 0.15) is 11.5 Å². The van der Waals surface area contributed by atoms with Crippen molar-refractivity contribution in [2.45, 2.75) is 0 Å². The predicted octanol–water partition coefficient (Wildman–Crippen LogP) is 0.902. The molecule has 19 heavy (non-hydrogen) atoms. The van der Waals surface area contributed by atoms with Crippen LogP contribution in [0.5, 0.6) is 0 Å². The van der Waals surface area contributed by atoms with E-state index < -0.39 is 0 Å². The molecule has 0 spiro atoms. The predicted molar refractivity (Wildman–Crippen MR) is 79.9 cm³/mol. The number of carbonyl (C=O) groups excluding carboxylic acids is 1. The van der Waals surface area contributed by atoms with E-state index in [4.69, 9.17) is 0 Å². The largest absolute Gasteiger partial charge is 0.373 e. The maximum Gasteiger partial charge on any atom is 0.270 e. The first-order valence-electron chi connectivity index (χ1n) is 6.52. The van der Waals surface area contributed by atoms with Gasteiger partial charge in [-0.3, -0.25) is 9.69 Å². The number of hydrogen-bond donors (Lipinski definition) is 2. The normalized spacial score (nSPS) is 16.1. The second-order valence-electron chi connectivity index (χ2n) is 4.37. The van der Waals surface area contributed by atoms with Gasteiger partial charge in [0, 0.05) is 44.7 Å². The number of nitrogens with one attached hydrogen (secondary N) is 2. The number of nitrogens with zero attached hydrogens (tertiary/aromatic N) is 2. The third-order valence-electron chi connectivity index (χ3n) is 3.06. The summed E-state index contributed by atoms with van der Waals surface area (Å²) < 4.78 is 0. The molecular formula is C13H20N4OS. The Bertz CT molecular complexity index is 421. The lowest BCUT2D eigenvalue weighted by Crippen LogP contribution is -2.39. The first-order chi connectivity index (χ1) is 9.29. The summed E-state index contributed by atoms with van der Waals surface area (Å²) in [5.74, 6) is 2.99. The molecule has 1 fully saturated rings. The highest BCUT2D eigenvalue weighted by Gasteiger charge is 2.11. The molecule has 0 bridgehead atoms. The first-order valence-corrected chi connectivity index (χ1v) is 7.68. The molecule has 0 unspecified atom stereocenters. The fourth-order valence-corrected chi connectivity index (χ4v) is 2.92. The molecule has 5 nitrogen and oxygen atoms in total. The van der Waals surface area contributed by atoms with E-state index in [9.17, 15) is 4.79 Å². The summed E-state index contributed by atoms with van der Waals surface area (Å²) >= 11 is 1.99. The van der Waals surface area contributed by atoms with Crippen molar-refractivity contribution in [3.8, 4) is 0 Å². The van der Waals surface area contributed by atoms with E-state index in [1.165, 1.54) is 11.5 Å².